The topological polar surface area (TPSA) is 72.6 Å². The highest BCUT2D eigenvalue weighted by Gasteiger charge is 2.31. The Kier molecular flexibility index (Phi) is 6.09. The monoisotopic (exact) mass is 340 g/mol. The molecule has 0 atom stereocenters. The Morgan fingerprint density at radius 1 is 1.30 bits per heavy atom. The van der Waals surface area contributed by atoms with Gasteiger partial charge in [0.25, 0.3) is 0 Å². The van der Waals surface area contributed by atoms with Gasteiger partial charge in [0.1, 0.15) is 4.90 Å². The molecule has 0 bridgehead atoms. The van der Waals surface area contributed by atoms with Crippen molar-refractivity contribution in [2.75, 3.05) is 26.0 Å². The van der Waals surface area contributed by atoms with Gasteiger partial charge < -0.3 is 10.5 Å². The molecule has 114 valence electrons. The van der Waals surface area contributed by atoms with Gasteiger partial charge in [-0.05, 0) is 26.0 Å². The highest BCUT2D eigenvalue weighted by Crippen LogP contribution is 2.34. The van der Waals surface area contributed by atoms with Crippen molar-refractivity contribution in [2.45, 2.75) is 24.8 Å². The number of nitrogens with zero attached hydrogens (tertiary/aromatic N) is 1. The molecule has 1 rings (SSSR count). The molecule has 0 aliphatic carbocycles. The minimum Gasteiger partial charge on any atom is -0.399 e. The predicted molar refractivity (Wildman–Crippen MR) is 81.8 cm³/mol. The SMILES string of the molecule is COCCN(C(C)C)S(=O)(=O)c1c(Cl)cc(N)cc1Cl. The summed E-state index contributed by atoms with van der Waals surface area (Å²) in [5.41, 5.74) is 5.90. The molecule has 1 aromatic rings. The maximum atomic E-state index is 12.7. The second-order valence-electron chi connectivity index (χ2n) is 4.52. The first-order valence-electron chi connectivity index (χ1n) is 5.97. The van der Waals surface area contributed by atoms with Crippen molar-refractivity contribution in [2.24, 2.45) is 0 Å². The maximum Gasteiger partial charge on any atom is 0.246 e. The number of hydrogen-bond acceptors (Lipinski definition) is 4. The standard InChI is InChI=1S/C12H18Cl2N2O3S/c1-8(2)16(4-5-19-3)20(17,18)12-10(13)6-9(15)7-11(12)14/h6-8H,4-5,15H2,1-3H3. The van der Waals surface area contributed by atoms with Gasteiger partial charge in [-0.1, -0.05) is 23.2 Å². The summed E-state index contributed by atoms with van der Waals surface area (Å²) in [6.07, 6.45) is 0. The van der Waals surface area contributed by atoms with Gasteiger partial charge in [0.2, 0.25) is 10.0 Å². The molecule has 0 saturated carbocycles. The van der Waals surface area contributed by atoms with Gasteiger partial charge in [0, 0.05) is 25.4 Å². The first-order valence-corrected chi connectivity index (χ1v) is 8.16. The number of sulfonamides is 1. The van der Waals surface area contributed by atoms with Gasteiger partial charge >= 0.3 is 0 Å². The summed E-state index contributed by atoms with van der Waals surface area (Å²) in [5.74, 6) is 0. The summed E-state index contributed by atoms with van der Waals surface area (Å²) < 4.78 is 31.6. The number of anilines is 1. The Hall–Kier alpha value is -0.530. The average molecular weight is 341 g/mol. The highest BCUT2D eigenvalue weighted by atomic mass is 35.5. The molecule has 0 spiro atoms. The fourth-order valence-electron chi connectivity index (χ4n) is 1.78. The second-order valence-corrected chi connectivity index (χ2v) is 7.16. The van der Waals surface area contributed by atoms with Crippen LogP contribution < -0.4 is 5.73 Å². The van der Waals surface area contributed by atoms with Crippen LogP contribution in [0.3, 0.4) is 0 Å². The first-order chi connectivity index (χ1) is 9.21. The van der Waals surface area contributed by atoms with Crippen molar-refractivity contribution in [3.63, 3.8) is 0 Å². The molecule has 0 aliphatic heterocycles. The fraction of sp³-hybridized carbons (Fsp3) is 0.500. The zero-order valence-corrected chi connectivity index (χ0v) is 13.9. The number of benzene rings is 1. The van der Waals surface area contributed by atoms with Crippen LogP contribution in [-0.4, -0.2) is 39.0 Å². The van der Waals surface area contributed by atoms with E-state index in [0.717, 1.165) is 0 Å². The molecule has 0 aromatic heterocycles. The molecule has 20 heavy (non-hydrogen) atoms. The average Bonchev–Trinajstić information content (AvgIpc) is 2.26. The fourth-order valence-corrected chi connectivity index (χ4v) is 4.58. The highest BCUT2D eigenvalue weighted by molar-refractivity contribution is 7.89. The quantitative estimate of drug-likeness (QED) is 0.808. The Balaban J connectivity index is 3.34. The van der Waals surface area contributed by atoms with E-state index >= 15 is 0 Å². The summed E-state index contributed by atoms with van der Waals surface area (Å²) in [7, 11) is -2.31. The molecule has 5 nitrogen and oxygen atoms in total. The van der Waals surface area contributed by atoms with Crippen LogP contribution in [0.1, 0.15) is 13.8 Å². The van der Waals surface area contributed by atoms with Crippen LogP contribution in [0.2, 0.25) is 10.0 Å². The van der Waals surface area contributed by atoms with Crippen LogP contribution in [0.4, 0.5) is 5.69 Å². The molecule has 0 fully saturated rings. The molecule has 0 heterocycles. The summed E-state index contributed by atoms with van der Waals surface area (Å²) in [6, 6.07) is 2.49. The lowest BCUT2D eigenvalue weighted by molar-refractivity contribution is 0.171. The lowest BCUT2D eigenvalue weighted by Gasteiger charge is -2.26. The normalized spacial score (nSPS) is 12.3. The minimum absolute atomic E-state index is 0.0121. The third kappa shape index (κ3) is 3.77. The zero-order valence-electron chi connectivity index (χ0n) is 11.6. The van der Waals surface area contributed by atoms with Gasteiger partial charge in [-0.2, -0.15) is 4.31 Å². The first kappa shape index (κ1) is 17.5. The number of methoxy groups -OCH3 is 1. The Morgan fingerprint density at radius 3 is 2.20 bits per heavy atom. The number of nitrogen functional groups attached to an aromatic ring is 1. The number of rotatable bonds is 6. The molecular formula is C12H18Cl2N2O3S. The Labute approximate surface area is 129 Å². The summed E-state index contributed by atoms with van der Waals surface area (Å²) >= 11 is 12.0. The molecule has 1 aromatic carbocycles. The molecule has 0 aliphatic rings. The number of ether oxygens (including phenoxy) is 1. The molecule has 8 heteroatoms. The van der Waals surface area contributed by atoms with Crippen molar-refractivity contribution in [1.29, 1.82) is 0 Å². The van der Waals surface area contributed by atoms with Gasteiger partial charge in [0.05, 0.1) is 16.7 Å². The van der Waals surface area contributed by atoms with Gasteiger partial charge in [-0.3, -0.25) is 0 Å². The molecule has 0 radical (unpaired) electrons. The molecule has 2 N–H and O–H groups in total. The van der Waals surface area contributed by atoms with Gasteiger partial charge in [-0.15, -0.1) is 0 Å². The number of hydrogen-bond donors (Lipinski definition) is 1. The lowest BCUT2D eigenvalue weighted by Crippen LogP contribution is -2.39. The van der Waals surface area contributed by atoms with E-state index in [1.807, 2.05) is 0 Å². The van der Waals surface area contributed by atoms with E-state index < -0.39 is 10.0 Å². The van der Waals surface area contributed by atoms with E-state index in [9.17, 15) is 8.42 Å². The van der Waals surface area contributed by atoms with Crippen molar-refractivity contribution in [3.05, 3.63) is 22.2 Å². The third-order valence-electron chi connectivity index (χ3n) is 2.68. The Bertz CT molecular complexity index is 553. The zero-order chi connectivity index (χ0) is 15.5. The van der Waals surface area contributed by atoms with Crippen molar-refractivity contribution in [1.82, 2.24) is 4.31 Å². The maximum absolute atomic E-state index is 12.7. The Morgan fingerprint density at radius 2 is 1.80 bits per heavy atom. The van der Waals surface area contributed by atoms with E-state index in [1.54, 1.807) is 13.8 Å². The smallest absolute Gasteiger partial charge is 0.246 e. The largest absolute Gasteiger partial charge is 0.399 e. The summed E-state index contributed by atoms with van der Waals surface area (Å²) in [6.45, 7) is 4.04. The molecule has 0 saturated heterocycles. The lowest BCUT2D eigenvalue weighted by atomic mass is 10.3. The van der Waals surface area contributed by atoms with Crippen molar-refractivity contribution in [3.8, 4) is 0 Å². The summed E-state index contributed by atoms with van der Waals surface area (Å²) in [5, 5.41) is 0.0242. The predicted octanol–water partition coefficient (Wildman–Crippen LogP) is 2.62. The number of nitrogens with two attached hydrogens (primary N) is 1. The third-order valence-corrected chi connectivity index (χ3v) is 5.68. The second kappa shape index (κ2) is 6.95. The van der Waals surface area contributed by atoms with Crippen LogP contribution in [0, 0.1) is 0 Å². The van der Waals surface area contributed by atoms with E-state index in [0.29, 0.717) is 5.69 Å². The van der Waals surface area contributed by atoms with Crippen LogP contribution in [0.5, 0.6) is 0 Å². The van der Waals surface area contributed by atoms with Crippen LogP contribution in [-0.2, 0) is 14.8 Å². The molecule has 0 unspecified atom stereocenters. The van der Waals surface area contributed by atoms with Crippen LogP contribution in [0.25, 0.3) is 0 Å². The van der Waals surface area contributed by atoms with Crippen LogP contribution >= 0.6 is 23.2 Å². The summed E-state index contributed by atoms with van der Waals surface area (Å²) in [4.78, 5) is -0.125. The van der Waals surface area contributed by atoms with Gasteiger partial charge in [0.15, 0.2) is 0 Å². The van der Waals surface area contributed by atoms with Crippen molar-refractivity contribution >= 4 is 38.9 Å². The van der Waals surface area contributed by atoms with E-state index in [4.69, 9.17) is 33.7 Å². The molecule has 0 amide bonds. The number of halogens is 2. The van der Waals surface area contributed by atoms with E-state index in [1.165, 1.54) is 23.5 Å². The molecular weight excluding hydrogens is 323 g/mol. The van der Waals surface area contributed by atoms with E-state index in [-0.39, 0.29) is 34.1 Å². The minimum atomic E-state index is -3.82. The van der Waals surface area contributed by atoms with Crippen molar-refractivity contribution < 1.29 is 13.2 Å². The van der Waals surface area contributed by atoms with E-state index in [2.05, 4.69) is 0 Å². The van der Waals surface area contributed by atoms with Gasteiger partial charge in [-0.25, -0.2) is 8.42 Å². The van der Waals surface area contributed by atoms with Crippen LogP contribution in [0.15, 0.2) is 17.0 Å².